The monoisotopic (exact) mass is 270 g/mol. The molecule has 1 aliphatic rings. The second-order valence-electron chi connectivity index (χ2n) is 5.02. The van der Waals surface area contributed by atoms with E-state index in [1.165, 1.54) is 0 Å². The summed E-state index contributed by atoms with van der Waals surface area (Å²) in [5.41, 5.74) is 0.729. The number of aromatic nitrogens is 1. The number of ketones is 1. The molecule has 0 N–H and O–H groups in total. The molecule has 1 saturated heterocycles. The largest absolute Gasteiger partial charge is 0.367 e. The quantitative estimate of drug-likeness (QED) is 0.801. The maximum absolute atomic E-state index is 12.7. The van der Waals surface area contributed by atoms with Crippen molar-refractivity contribution in [2.75, 3.05) is 26.2 Å². The minimum atomic E-state index is -0.359. The van der Waals surface area contributed by atoms with E-state index < -0.39 is 0 Å². The Hall–Kier alpha value is -1.78. The summed E-state index contributed by atoms with van der Waals surface area (Å²) in [4.78, 5) is 19.1. The number of likely N-dealkylation sites (N-methyl/N-ethyl adjacent to an activating group) is 1. The lowest BCUT2D eigenvalue weighted by Crippen LogP contribution is -2.45. The van der Waals surface area contributed by atoms with E-state index in [0.29, 0.717) is 13.2 Å². The first kappa shape index (κ1) is 13.2. The number of nitrogens with zero attached hydrogens (tertiary/aromatic N) is 2. The number of carbonyl (C=O) groups excluding carboxylic acids is 1. The zero-order valence-electron chi connectivity index (χ0n) is 11.6. The predicted octanol–water partition coefficient (Wildman–Crippen LogP) is 2.14. The van der Waals surface area contributed by atoms with E-state index >= 15 is 0 Å². The topological polar surface area (TPSA) is 42.4 Å². The number of pyridine rings is 1. The number of rotatable bonds is 3. The fourth-order valence-electron chi connectivity index (χ4n) is 2.66. The summed E-state index contributed by atoms with van der Waals surface area (Å²) >= 11 is 0. The molecule has 20 heavy (non-hydrogen) atoms. The third-order valence-corrected chi connectivity index (χ3v) is 3.84. The Morgan fingerprint density at radius 3 is 3.20 bits per heavy atom. The molecule has 1 aliphatic heterocycles. The third-order valence-electron chi connectivity index (χ3n) is 3.84. The SMILES string of the molecule is CCN1CCOC(C(=O)c2cccc3cnccc23)C1. The van der Waals surface area contributed by atoms with Crippen LogP contribution >= 0.6 is 0 Å². The van der Waals surface area contributed by atoms with E-state index in [4.69, 9.17) is 4.74 Å². The van der Waals surface area contributed by atoms with Crippen molar-refractivity contribution in [2.45, 2.75) is 13.0 Å². The van der Waals surface area contributed by atoms with Gasteiger partial charge in [-0.25, -0.2) is 0 Å². The van der Waals surface area contributed by atoms with Crippen molar-refractivity contribution in [1.82, 2.24) is 9.88 Å². The van der Waals surface area contributed by atoms with E-state index in [-0.39, 0.29) is 11.9 Å². The van der Waals surface area contributed by atoms with Gasteiger partial charge in [0.05, 0.1) is 6.61 Å². The highest BCUT2D eigenvalue weighted by Crippen LogP contribution is 2.21. The van der Waals surface area contributed by atoms with Gasteiger partial charge in [0, 0.05) is 36.4 Å². The molecule has 4 heteroatoms. The predicted molar refractivity (Wildman–Crippen MR) is 77.9 cm³/mol. The van der Waals surface area contributed by atoms with Crippen molar-refractivity contribution in [1.29, 1.82) is 0 Å². The summed E-state index contributed by atoms with van der Waals surface area (Å²) in [5.74, 6) is 0.0694. The van der Waals surface area contributed by atoms with E-state index in [0.717, 1.165) is 29.4 Å². The first-order valence-corrected chi connectivity index (χ1v) is 7.00. The molecule has 1 unspecified atom stereocenters. The summed E-state index contributed by atoms with van der Waals surface area (Å²) in [6.07, 6.45) is 3.15. The molecule has 2 heterocycles. The molecule has 0 aliphatic carbocycles. The van der Waals surface area contributed by atoms with Gasteiger partial charge in [-0.1, -0.05) is 25.1 Å². The first-order valence-electron chi connectivity index (χ1n) is 7.00. The molecule has 2 aromatic rings. The van der Waals surface area contributed by atoms with Crippen LogP contribution in [0, 0.1) is 0 Å². The molecular weight excluding hydrogens is 252 g/mol. The molecule has 0 amide bonds. The van der Waals surface area contributed by atoms with Gasteiger partial charge >= 0.3 is 0 Å². The molecular formula is C16H18N2O2. The van der Waals surface area contributed by atoms with Crippen molar-refractivity contribution >= 4 is 16.6 Å². The van der Waals surface area contributed by atoms with Gasteiger partial charge in [-0.05, 0) is 18.0 Å². The Labute approximate surface area is 118 Å². The number of hydrogen-bond donors (Lipinski definition) is 0. The molecule has 1 aromatic heterocycles. The van der Waals surface area contributed by atoms with Gasteiger partial charge in [-0.15, -0.1) is 0 Å². The lowest BCUT2D eigenvalue weighted by atomic mass is 9.99. The minimum Gasteiger partial charge on any atom is -0.367 e. The van der Waals surface area contributed by atoms with Crippen LogP contribution in [0.4, 0.5) is 0 Å². The van der Waals surface area contributed by atoms with E-state index in [2.05, 4.69) is 16.8 Å². The van der Waals surface area contributed by atoms with Crippen LogP contribution in [-0.4, -0.2) is 48.0 Å². The molecule has 104 valence electrons. The van der Waals surface area contributed by atoms with E-state index in [1.54, 1.807) is 12.4 Å². The van der Waals surface area contributed by atoms with Crippen LogP contribution in [0.25, 0.3) is 10.8 Å². The highest BCUT2D eigenvalue weighted by atomic mass is 16.5. The van der Waals surface area contributed by atoms with Crippen LogP contribution in [0.15, 0.2) is 36.7 Å². The zero-order chi connectivity index (χ0) is 13.9. The van der Waals surface area contributed by atoms with Crippen LogP contribution in [0.2, 0.25) is 0 Å². The van der Waals surface area contributed by atoms with Gasteiger partial charge in [0.2, 0.25) is 0 Å². The molecule has 1 atom stereocenters. The standard InChI is InChI=1S/C16H18N2O2/c1-2-18-8-9-20-15(11-18)16(19)14-5-3-4-12-10-17-7-6-13(12)14/h3-7,10,15H,2,8-9,11H2,1H3. The number of benzene rings is 1. The number of carbonyl (C=O) groups is 1. The fourth-order valence-corrected chi connectivity index (χ4v) is 2.66. The number of ether oxygens (including phenoxy) is 1. The smallest absolute Gasteiger partial charge is 0.193 e. The molecule has 0 bridgehead atoms. The van der Waals surface area contributed by atoms with Gasteiger partial charge in [-0.3, -0.25) is 14.7 Å². The van der Waals surface area contributed by atoms with Crippen LogP contribution in [0.3, 0.4) is 0 Å². The van der Waals surface area contributed by atoms with Crippen LogP contribution in [0.5, 0.6) is 0 Å². The summed E-state index contributed by atoms with van der Waals surface area (Å²) in [5, 5.41) is 1.94. The Balaban J connectivity index is 1.92. The summed E-state index contributed by atoms with van der Waals surface area (Å²) in [7, 11) is 0. The Bertz CT molecular complexity index is 621. The maximum atomic E-state index is 12.7. The lowest BCUT2D eigenvalue weighted by Gasteiger charge is -2.31. The number of hydrogen-bond acceptors (Lipinski definition) is 4. The maximum Gasteiger partial charge on any atom is 0.193 e. The number of Topliss-reactive ketones (excluding diaryl/α,β-unsaturated/α-hetero) is 1. The molecule has 4 nitrogen and oxygen atoms in total. The fraction of sp³-hybridized carbons (Fsp3) is 0.375. The second-order valence-corrected chi connectivity index (χ2v) is 5.02. The minimum absolute atomic E-state index is 0.0694. The lowest BCUT2D eigenvalue weighted by molar-refractivity contribution is -0.0147. The molecule has 3 rings (SSSR count). The van der Waals surface area contributed by atoms with E-state index in [9.17, 15) is 4.79 Å². The highest BCUT2D eigenvalue weighted by Gasteiger charge is 2.27. The Morgan fingerprint density at radius 2 is 2.35 bits per heavy atom. The van der Waals surface area contributed by atoms with Crippen molar-refractivity contribution in [2.24, 2.45) is 0 Å². The molecule has 1 fully saturated rings. The molecule has 0 radical (unpaired) electrons. The zero-order valence-corrected chi connectivity index (χ0v) is 11.6. The van der Waals surface area contributed by atoms with Crippen molar-refractivity contribution < 1.29 is 9.53 Å². The molecule has 0 saturated carbocycles. The summed E-state index contributed by atoms with van der Waals surface area (Å²) in [6.45, 7) is 5.26. The number of morpholine rings is 1. The highest BCUT2D eigenvalue weighted by molar-refractivity contribution is 6.10. The first-order chi connectivity index (χ1) is 9.79. The number of fused-ring (bicyclic) bond motifs is 1. The van der Waals surface area contributed by atoms with Crippen molar-refractivity contribution in [3.63, 3.8) is 0 Å². The van der Waals surface area contributed by atoms with Crippen molar-refractivity contribution in [3.05, 3.63) is 42.2 Å². The third kappa shape index (κ3) is 2.44. The Kier molecular flexibility index (Phi) is 3.76. The van der Waals surface area contributed by atoms with Crippen LogP contribution in [-0.2, 0) is 4.74 Å². The van der Waals surface area contributed by atoms with Crippen LogP contribution < -0.4 is 0 Å². The Morgan fingerprint density at radius 1 is 1.45 bits per heavy atom. The van der Waals surface area contributed by atoms with Crippen molar-refractivity contribution in [3.8, 4) is 0 Å². The second kappa shape index (κ2) is 5.69. The summed E-state index contributed by atoms with van der Waals surface area (Å²) in [6, 6.07) is 7.64. The van der Waals surface area contributed by atoms with Gasteiger partial charge < -0.3 is 4.74 Å². The summed E-state index contributed by atoms with van der Waals surface area (Å²) < 4.78 is 5.67. The average Bonchev–Trinajstić information content (AvgIpc) is 2.53. The van der Waals surface area contributed by atoms with Crippen LogP contribution in [0.1, 0.15) is 17.3 Å². The van der Waals surface area contributed by atoms with E-state index in [1.807, 2.05) is 24.3 Å². The van der Waals surface area contributed by atoms with Gasteiger partial charge in [0.15, 0.2) is 5.78 Å². The average molecular weight is 270 g/mol. The molecule has 1 aromatic carbocycles. The van der Waals surface area contributed by atoms with Gasteiger partial charge in [-0.2, -0.15) is 0 Å². The normalized spacial score (nSPS) is 20.1. The van der Waals surface area contributed by atoms with Gasteiger partial charge in [0.25, 0.3) is 0 Å². The molecule has 0 spiro atoms. The van der Waals surface area contributed by atoms with Gasteiger partial charge in [0.1, 0.15) is 6.10 Å².